The number of piperidine rings is 1. The lowest BCUT2D eigenvalue weighted by atomic mass is 10.0. The van der Waals surface area contributed by atoms with Crippen LogP contribution in [0.25, 0.3) is 11.1 Å². The highest BCUT2D eigenvalue weighted by atomic mass is 32.2. The molecule has 0 saturated carbocycles. The van der Waals surface area contributed by atoms with Crippen molar-refractivity contribution in [3.05, 3.63) is 77.0 Å². The minimum Gasteiger partial charge on any atom is -0.295 e. The van der Waals surface area contributed by atoms with Crippen LogP contribution in [-0.2, 0) is 10.0 Å². The van der Waals surface area contributed by atoms with Crippen molar-refractivity contribution in [2.45, 2.75) is 30.2 Å². The lowest BCUT2D eigenvalue weighted by molar-refractivity contribution is 0.165. The van der Waals surface area contributed by atoms with Crippen molar-refractivity contribution < 1.29 is 8.42 Å². The molecule has 0 amide bonds. The van der Waals surface area contributed by atoms with Crippen LogP contribution < -0.4 is 4.72 Å². The Morgan fingerprint density at radius 2 is 1.59 bits per heavy atom. The topological polar surface area (TPSA) is 49.4 Å². The van der Waals surface area contributed by atoms with Gasteiger partial charge in [-0.1, -0.05) is 48.9 Å². The van der Waals surface area contributed by atoms with Crippen molar-refractivity contribution in [1.29, 1.82) is 0 Å². The van der Waals surface area contributed by atoms with E-state index in [1.54, 1.807) is 23.5 Å². The summed E-state index contributed by atoms with van der Waals surface area (Å²) in [7, 11) is -3.56. The molecule has 29 heavy (non-hydrogen) atoms. The van der Waals surface area contributed by atoms with E-state index in [2.05, 4.69) is 26.4 Å². The second kappa shape index (κ2) is 9.22. The fourth-order valence-corrected chi connectivity index (χ4v) is 5.63. The molecule has 1 aromatic heterocycles. The third-order valence-electron chi connectivity index (χ3n) is 5.50. The molecular weight excluding hydrogens is 400 g/mol. The summed E-state index contributed by atoms with van der Waals surface area (Å²) in [5.41, 5.74) is 3.28. The third kappa shape index (κ3) is 4.95. The number of benzene rings is 2. The Balaban J connectivity index is 1.48. The monoisotopic (exact) mass is 426 g/mol. The van der Waals surface area contributed by atoms with Gasteiger partial charge in [-0.05, 0) is 71.6 Å². The van der Waals surface area contributed by atoms with Crippen LogP contribution in [-0.4, -0.2) is 33.0 Å². The van der Waals surface area contributed by atoms with Gasteiger partial charge in [0.2, 0.25) is 10.0 Å². The minimum atomic E-state index is -3.56. The lowest BCUT2D eigenvalue weighted by Crippen LogP contribution is -2.40. The summed E-state index contributed by atoms with van der Waals surface area (Å²) < 4.78 is 28.7. The van der Waals surface area contributed by atoms with Crippen LogP contribution in [0.4, 0.5) is 0 Å². The van der Waals surface area contributed by atoms with Gasteiger partial charge in [-0.2, -0.15) is 11.3 Å². The predicted molar refractivity (Wildman–Crippen MR) is 120 cm³/mol. The number of nitrogens with zero attached hydrogens (tertiary/aromatic N) is 1. The van der Waals surface area contributed by atoms with E-state index >= 15 is 0 Å². The first-order valence-electron chi connectivity index (χ1n) is 10.0. The molecule has 6 heteroatoms. The zero-order chi connectivity index (χ0) is 20.1. The van der Waals surface area contributed by atoms with Crippen molar-refractivity contribution in [3.8, 4) is 11.1 Å². The molecule has 4 nitrogen and oxygen atoms in total. The van der Waals surface area contributed by atoms with E-state index in [0.29, 0.717) is 11.4 Å². The van der Waals surface area contributed by atoms with Crippen LogP contribution in [0.15, 0.2) is 76.3 Å². The molecule has 2 aromatic carbocycles. The molecule has 0 radical (unpaired) electrons. The largest absolute Gasteiger partial charge is 0.295 e. The maximum absolute atomic E-state index is 12.9. The van der Waals surface area contributed by atoms with Crippen molar-refractivity contribution >= 4 is 21.4 Å². The van der Waals surface area contributed by atoms with Gasteiger partial charge in [-0.3, -0.25) is 4.90 Å². The van der Waals surface area contributed by atoms with E-state index in [-0.39, 0.29) is 6.04 Å². The van der Waals surface area contributed by atoms with Gasteiger partial charge in [0.05, 0.1) is 4.90 Å². The van der Waals surface area contributed by atoms with Gasteiger partial charge >= 0.3 is 0 Å². The Morgan fingerprint density at radius 1 is 0.897 bits per heavy atom. The second-order valence-corrected chi connectivity index (χ2v) is 9.96. The van der Waals surface area contributed by atoms with E-state index in [4.69, 9.17) is 0 Å². The molecule has 1 unspecified atom stereocenters. The molecule has 1 N–H and O–H groups in total. The molecule has 1 aliphatic rings. The quantitative estimate of drug-likeness (QED) is 0.583. The number of nitrogens with one attached hydrogen (secondary N) is 1. The maximum atomic E-state index is 12.9. The smallest absolute Gasteiger partial charge is 0.240 e. The van der Waals surface area contributed by atoms with Gasteiger partial charge in [0, 0.05) is 12.6 Å². The number of rotatable bonds is 7. The molecule has 1 fully saturated rings. The highest BCUT2D eigenvalue weighted by Crippen LogP contribution is 2.27. The van der Waals surface area contributed by atoms with Gasteiger partial charge in [0.1, 0.15) is 0 Å². The Bertz CT molecular complexity index is 995. The fourth-order valence-electron chi connectivity index (χ4n) is 3.88. The highest BCUT2D eigenvalue weighted by molar-refractivity contribution is 7.89. The number of likely N-dealkylation sites (tertiary alicyclic amines) is 1. The molecule has 1 aliphatic heterocycles. The van der Waals surface area contributed by atoms with Gasteiger partial charge in [-0.25, -0.2) is 13.1 Å². The van der Waals surface area contributed by atoms with Crippen LogP contribution >= 0.6 is 11.3 Å². The Hall–Kier alpha value is -1.99. The van der Waals surface area contributed by atoms with Crippen LogP contribution in [0.3, 0.4) is 0 Å². The zero-order valence-corrected chi connectivity index (χ0v) is 18.0. The molecule has 0 bridgehead atoms. The number of hydrogen-bond donors (Lipinski definition) is 1. The van der Waals surface area contributed by atoms with Gasteiger partial charge in [0.25, 0.3) is 0 Å². The summed E-state index contributed by atoms with van der Waals surface area (Å²) in [4.78, 5) is 2.71. The summed E-state index contributed by atoms with van der Waals surface area (Å²) >= 11 is 1.66. The molecule has 1 saturated heterocycles. The normalized spacial score (nSPS) is 16.6. The molecule has 2 heterocycles. The second-order valence-electron chi connectivity index (χ2n) is 7.41. The SMILES string of the molecule is O=S(=O)(NCC(c1ccsc1)N1CCCCC1)c1ccc(-c2ccccc2)cc1. The van der Waals surface area contributed by atoms with Gasteiger partial charge in [0.15, 0.2) is 0 Å². The number of sulfonamides is 1. The Morgan fingerprint density at radius 3 is 2.24 bits per heavy atom. The summed E-state index contributed by atoms with van der Waals surface area (Å²) in [5, 5.41) is 4.19. The summed E-state index contributed by atoms with van der Waals surface area (Å²) in [6.45, 7) is 2.43. The molecule has 0 aliphatic carbocycles. The van der Waals surface area contributed by atoms with Crippen molar-refractivity contribution in [3.63, 3.8) is 0 Å². The van der Waals surface area contributed by atoms with E-state index in [0.717, 1.165) is 24.2 Å². The average Bonchev–Trinajstić information content (AvgIpc) is 3.30. The van der Waals surface area contributed by atoms with Crippen LogP contribution in [0.2, 0.25) is 0 Å². The van der Waals surface area contributed by atoms with Crippen molar-refractivity contribution in [2.24, 2.45) is 0 Å². The van der Waals surface area contributed by atoms with Crippen LogP contribution in [0.5, 0.6) is 0 Å². The van der Waals surface area contributed by atoms with E-state index in [9.17, 15) is 8.42 Å². The Labute approximate surface area is 177 Å². The van der Waals surface area contributed by atoms with E-state index in [1.807, 2.05) is 42.5 Å². The lowest BCUT2D eigenvalue weighted by Gasteiger charge is -2.34. The molecule has 152 valence electrons. The fraction of sp³-hybridized carbons (Fsp3) is 0.304. The van der Waals surface area contributed by atoms with Gasteiger partial charge < -0.3 is 0 Å². The molecule has 3 aromatic rings. The molecule has 0 spiro atoms. The highest BCUT2D eigenvalue weighted by Gasteiger charge is 2.25. The molecule has 4 rings (SSSR count). The number of hydrogen-bond acceptors (Lipinski definition) is 4. The predicted octanol–water partition coefficient (Wildman–Crippen LogP) is 4.92. The van der Waals surface area contributed by atoms with E-state index in [1.165, 1.54) is 24.8 Å². The first-order chi connectivity index (χ1) is 14.1. The number of thiophene rings is 1. The zero-order valence-electron chi connectivity index (χ0n) is 16.3. The maximum Gasteiger partial charge on any atom is 0.240 e. The summed E-state index contributed by atoms with van der Waals surface area (Å²) in [6, 6.07) is 19.3. The minimum absolute atomic E-state index is 0.0833. The summed E-state index contributed by atoms with van der Waals surface area (Å²) in [5.74, 6) is 0. The first-order valence-corrected chi connectivity index (χ1v) is 12.5. The first kappa shape index (κ1) is 20.3. The van der Waals surface area contributed by atoms with Crippen molar-refractivity contribution in [1.82, 2.24) is 9.62 Å². The van der Waals surface area contributed by atoms with Crippen molar-refractivity contribution in [2.75, 3.05) is 19.6 Å². The standard InChI is InChI=1S/C23H26N2O2S2/c26-29(27,22-11-9-20(10-12-22)19-7-3-1-4-8-19)24-17-23(21-13-16-28-18-21)25-14-5-2-6-15-25/h1,3-4,7-13,16,18,23-24H,2,5-6,14-15,17H2. The Kier molecular flexibility index (Phi) is 6.45. The van der Waals surface area contributed by atoms with Crippen LogP contribution in [0.1, 0.15) is 30.9 Å². The molecule has 1 atom stereocenters. The molecular formula is C23H26N2O2S2. The van der Waals surface area contributed by atoms with E-state index < -0.39 is 10.0 Å². The van der Waals surface area contributed by atoms with Gasteiger partial charge in [-0.15, -0.1) is 0 Å². The third-order valence-corrected chi connectivity index (χ3v) is 7.64. The summed E-state index contributed by atoms with van der Waals surface area (Å²) in [6.07, 6.45) is 3.61. The van der Waals surface area contributed by atoms with Crippen LogP contribution in [0, 0.1) is 0 Å². The average molecular weight is 427 g/mol.